The van der Waals surface area contributed by atoms with Crippen LogP contribution in [0.15, 0.2) is 59.5 Å². The summed E-state index contributed by atoms with van der Waals surface area (Å²) in [6.07, 6.45) is 0. The third-order valence-electron chi connectivity index (χ3n) is 3.18. The fourth-order valence-corrected chi connectivity index (χ4v) is 3.18. The van der Waals surface area contributed by atoms with Crippen molar-refractivity contribution in [2.24, 2.45) is 5.73 Å². The molecule has 0 radical (unpaired) electrons. The molecule has 0 spiro atoms. The fraction of sp³-hybridized carbons (Fsp3) is 0.200. The molecule has 4 nitrogen and oxygen atoms in total. The summed E-state index contributed by atoms with van der Waals surface area (Å²) in [6, 6.07) is 16.0. The summed E-state index contributed by atoms with van der Waals surface area (Å²) in [5, 5.41) is 0. The van der Waals surface area contributed by atoms with Gasteiger partial charge in [0.05, 0.1) is 4.90 Å². The summed E-state index contributed by atoms with van der Waals surface area (Å²) in [5.41, 5.74) is 7.57. The van der Waals surface area contributed by atoms with Crippen molar-refractivity contribution in [1.29, 1.82) is 0 Å². The van der Waals surface area contributed by atoms with Crippen LogP contribution in [0.25, 0.3) is 0 Å². The van der Waals surface area contributed by atoms with E-state index in [1.165, 1.54) is 4.31 Å². The van der Waals surface area contributed by atoms with Gasteiger partial charge in [-0.2, -0.15) is 4.31 Å². The van der Waals surface area contributed by atoms with Crippen LogP contribution < -0.4 is 5.73 Å². The Bertz CT molecular complexity index is 669. The van der Waals surface area contributed by atoms with E-state index in [0.717, 1.165) is 11.1 Å². The Morgan fingerprint density at radius 1 is 0.950 bits per heavy atom. The van der Waals surface area contributed by atoms with Crippen LogP contribution in [0.2, 0.25) is 0 Å². The largest absolute Gasteiger partial charge is 0.326 e. The molecule has 0 unspecified atom stereocenters. The highest BCUT2D eigenvalue weighted by molar-refractivity contribution is 7.89. The van der Waals surface area contributed by atoms with Gasteiger partial charge in [-0.15, -0.1) is 0 Å². The zero-order valence-electron chi connectivity index (χ0n) is 11.4. The van der Waals surface area contributed by atoms with Crippen molar-refractivity contribution >= 4 is 10.0 Å². The van der Waals surface area contributed by atoms with Crippen LogP contribution >= 0.6 is 0 Å². The summed E-state index contributed by atoms with van der Waals surface area (Å²) < 4.78 is 26.2. The van der Waals surface area contributed by atoms with Gasteiger partial charge in [-0.1, -0.05) is 42.5 Å². The van der Waals surface area contributed by atoms with Crippen molar-refractivity contribution in [3.63, 3.8) is 0 Å². The zero-order valence-corrected chi connectivity index (χ0v) is 12.2. The van der Waals surface area contributed by atoms with E-state index in [1.807, 2.05) is 24.3 Å². The molecule has 2 N–H and O–H groups in total. The van der Waals surface area contributed by atoms with Gasteiger partial charge in [0.15, 0.2) is 0 Å². The molecule has 2 rings (SSSR count). The number of hydrogen-bond acceptors (Lipinski definition) is 3. The summed E-state index contributed by atoms with van der Waals surface area (Å²) in [6.45, 7) is 0.708. The topological polar surface area (TPSA) is 63.4 Å². The van der Waals surface area contributed by atoms with Crippen LogP contribution in [0, 0.1) is 0 Å². The van der Waals surface area contributed by atoms with E-state index in [-0.39, 0.29) is 0 Å². The molecule has 106 valence electrons. The summed E-state index contributed by atoms with van der Waals surface area (Å²) in [5.74, 6) is 0. The van der Waals surface area contributed by atoms with E-state index < -0.39 is 10.0 Å². The minimum atomic E-state index is -3.47. The predicted octanol–water partition coefficient (Wildman–Crippen LogP) is 1.97. The molecule has 0 aromatic heterocycles. The maximum Gasteiger partial charge on any atom is 0.243 e. The second-order valence-corrected chi connectivity index (χ2v) is 6.59. The summed E-state index contributed by atoms with van der Waals surface area (Å²) in [4.78, 5) is 0.299. The van der Waals surface area contributed by atoms with Gasteiger partial charge in [-0.25, -0.2) is 8.42 Å². The SMILES string of the molecule is CN(Cc1ccccc1CN)S(=O)(=O)c1ccccc1. The number of rotatable bonds is 5. The van der Waals surface area contributed by atoms with Gasteiger partial charge < -0.3 is 5.73 Å². The third kappa shape index (κ3) is 3.07. The van der Waals surface area contributed by atoms with Crippen molar-refractivity contribution in [3.05, 3.63) is 65.7 Å². The van der Waals surface area contributed by atoms with Gasteiger partial charge in [0.2, 0.25) is 10.0 Å². The number of sulfonamides is 1. The van der Waals surface area contributed by atoms with Crippen LogP contribution in [0.4, 0.5) is 0 Å². The first-order valence-electron chi connectivity index (χ1n) is 6.34. The van der Waals surface area contributed by atoms with Crippen LogP contribution in [0.5, 0.6) is 0 Å². The molecule has 20 heavy (non-hydrogen) atoms. The first-order valence-corrected chi connectivity index (χ1v) is 7.78. The Hall–Kier alpha value is -1.69. The molecular weight excluding hydrogens is 272 g/mol. The van der Waals surface area contributed by atoms with Crippen LogP contribution in [-0.2, 0) is 23.1 Å². The van der Waals surface area contributed by atoms with Crippen LogP contribution in [-0.4, -0.2) is 19.8 Å². The molecule has 0 saturated heterocycles. The molecule has 2 aromatic rings. The van der Waals surface area contributed by atoms with E-state index in [0.29, 0.717) is 18.0 Å². The fourth-order valence-electron chi connectivity index (χ4n) is 2.01. The van der Waals surface area contributed by atoms with Gasteiger partial charge in [0.25, 0.3) is 0 Å². The highest BCUT2D eigenvalue weighted by atomic mass is 32.2. The van der Waals surface area contributed by atoms with E-state index >= 15 is 0 Å². The monoisotopic (exact) mass is 290 g/mol. The van der Waals surface area contributed by atoms with Crippen molar-refractivity contribution < 1.29 is 8.42 Å². The minimum absolute atomic E-state index is 0.299. The zero-order chi connectivity index (χ0) is 14.6. The lowest BCUT2D eigenvalue weighted by Crippen LogP contribution is -2.27. The van der Waals surface area contributed by atoms with Crippen LogP contribution in [0.3, 0.4) is 0 Å². The maximum atomic E-state index is 12.4. The van der Waals surface area contributed by atoms with Gasteiger partial charge in [-0.05, 0) is 23.3 Å². The lowest BCUT2D eigenvalue weighted by atomic mass is 10.1. The number of benzene rings is 2. The average Bonchev–Trinajstić information content (AvgIpc) is 2.48. The molecule has 0 saturated carbocycles. The Balaban J connectivity index is 2.26. The summed E-state index contributed by atoms with van der Waals surface area (Å²) >= 11 is 0. The Morgan fingerprint density at radius 3 is 2.10 bits per heavy atom. The molecule has 0 bridgehead atoms. The van der Waals surface area contributed by atoms with Crippen LogP contribution in [0.1, 0.15) is 11.1 Å². The van der Waals surface area contributed by atoms with Gasteiger partial charge in [0.1, 0.15) is 0 Å². The van der Waals surface area contributed by atoms with E-state index in [1.54, 1.807) is 37.4 Å². The third-order valence-corrected chi connectivity index (χ3v) is 5.00. The molecule has 0 aliphatic carbocycles. The second-order valence-electron chi connectivity index (χ2n) is 4.55. The maximum absolute atomic E-state index is 12.4. The Morgan fingerprint density at radius 2 is 1.50 bits per heavy atom. The molecule has 5 heteroatoms. The Kier molecular flexibility index (Phi) is 4.54. The molecule has 0 amide bonds. The molecule has 0 atom stereocenters. The lowest BCUT2D eigenvalue weighted by Gasteiger charge is -2.18. The molecule has 0 aliphatic rings. The highest BCUT2D eigenvalue weighted by Gasteiger charge is 2.20. The van der Waals surface area contributed by atoms with E-state index in [9.17, 15) is 8.42 Å². The second kappa shape index (κ2) is 6.17. The first kappa shape index (κ1) is 14.7. The normalized spacial score (nSPS) is 11.8. The molecule has 2 aromatic carbocycles. The van der Waals surface area contributed by atoms with Crippen molar-refractivity contribution in [3.8, 4) is 0 Å². The average molecular weight is 290 g/mol. The number of nitrogens with zero attached hydrogens (tertiary/aromatic N) is 1. The van der Waals surface area contributed by atoms with E-state index in [4.69, 9.17) is 5.73 Å². The molecule has 0 heterocycles. The first-order chi connectivity index (χ1) is 9.55. The molecule has 0 fully saturated rings. The minimum Gasteiger partial charge on any atom is -0.326 e. The molecule has 0 aliphatic heterocycles. The van der Waals surface area contributed by atoms with Gasteiger partial charge >= 0.3 is 0 Å². The molecular formula is C15H18N2O2S. The standard InChI is InChI=1S/C15H18N2O2S/c1-17(12-14-8-6-5-7-13(14)11-16)20(18,19)15-9-3-2-4-10-15/h2-10H,11-12,16H2,1H3. The van der Waals surface area contributed by atoms with Crippen molar-refractivity contribution in [2.75, 3.05) is 7.05 Å². The van der Waals surface area contributed by atoms with Gasteiger partial charge in [-0.3, -0.25) is 0 Å². The van der Waals surface area contributed by atoms with Gasteiger partial charge in [0, 0.05) is 20.1 Å². The number of hydrogen-bond donors (Lipinski definition) is 1. The van der Waals surface area contributed by atoms with Crippen molar-refractivity contribution in [1.82, 2.24) is 4.31 Å². The summed E-state index contributed by atoms with van der Waals surface area (Å²) in [7, 11) is -1.89. The number of nitrogens with two attached hydrogens (primary N) is 1. The van der Waals surface area contributed by atoms with Crippen molar-refractivity contribution in [2.45, 2.75) is 18.0 Å². The van der Waals surface area contributed by atoms with E-state index in [2.05, 4.69) is 0 Å². The smallest absolute Gasteiger partial charge is 0.243 e. The quantitative estimate of drug-likeness (QED) is 0.915. The lowest BCUT2D eigenvalue weighted by molar-refractivity contribution is 0.465. The highest BCUT2D eigenvalue weighted by Crippen LogP contribution is 2.18. The Labute approximate surface area is 119 Å². The predicted molar refractivity (Wildman–Crippen MR) is 79.4 cm³/mol.